The SMILES string of the molecule is Cc1c([C@@H]2OC(=O)c3ccccc32)n(C)c2ccccc12. The van der Waals surface area contributed by atoms with Crippen molar-refractivity contribution in [3.8, 4) is 0 Å². The van der Waals surface area contributed by atoms with Crippen LogP contribution in [0.3, 0.4) is 0 Å². The Morgan fingerprint density at radius 1 is 1.05 bits per heavy atom. The van der Waals surface area contributed by atoms with Crippen molar-refractivity contribution in [2.75, 3.05) is 0 Å². The molecule has 4 rings (SSSR count). The van der Waals surface area contributed by atoms with Gasteiger partial charge in [-0.1, -0.05) is 36.4 Å². The second-order valence-corrected chi connectivity index (χ2v) is 5.46. The van der Waals surface area contributed by atoms with Crippen LogP contribution in [0, 0.1) is 6.92 Å². The van der Waals surface area contributed by atoms with Gasteiger partial charge < -0.3 is 9.30 Å². The molecule has 0 radical (unpaired) electrons. The Kier molecular flexibility index (Phi) is 2.45. The Morgan fingerprint density at radius 2 is 1.76 bits per heavy atom. The number of rotatable bonds is 1. The minimum Gasteiger partial charge on any atom is -0.447 e. The first-order valence-electron chi connectivity index (χ1n) is 7.02. The van der Waals surface area contributed by atoms with Crippen LogP contribution >= 0.6 is 0 Å². The predicted molar refractivity (Wildman–Crippen MR) is 81.4 cm³/mol. The molecule has 104 valence electrons. The lowest BCUT2D eigenvalue weighted by Gasteiger charge is -2.14. The van der Waals surface area contributed by atoms with Gasteiger partial charge in [-0.2, -0.15) is 0 Å². The Morgan fingerprint density at radius 3 is 2.57 bits per heavy atom. The zero-order valence-electron chi connectivity index (χ0n) is 12.0. The molecule has 3 nitrogen and oxygen atoms in total. The average molecular weight is 277 g/mol. The summed E-state index contributed by atoms with van der Waals surface area (Å²) in [6, 6.07) is 15.9. The van der Waals surface area contributed by atoms with Crippen molar-refractivity contribution < 1.29 is 9.53 Å². The van der Waals surface area contributed by atoms with Crippen LogP contribution in [-0.4, -0.2) is 10.5 Å². The lowest BCUT2D eigenvalue weighted by Crippen LogP contribution is -2.07. The van der Waals surface area contributed by atoms with E-state index < -0.39 is 0 Å². The number of aromatic nitrogens is 1. The summed E-state index contributed by atoms with van der Waals surface area (Å²) in [7, 11) is 2.03. The smallest absolute Gasteiger partial charge is 0.339 e. The van der Waals surface area contributed by atoms with Crippen LogP contribution in [0.25, 0.3) is 10.9 Å². The van der Waals surface area contributed by atoms with Gasteiger partial charge in [-0.3, -0.25) is 0 Å². The van der Waals surface area contributed by atoms with E-state index in [9.17, 15) is 4.79 Å². The molecule has 3 aromatic rings. The van der Waals surface area contributed by atoms with Crippen LogP contribution in [0.1, 0.15) is 33.3 Å². The third-order valence-corrected chi connectivity index (χ3v) is 4.35. The van der Waals surface area contributed by atoms with Gasteiger partial charge >= 0.3 is 5.97 Å². The van der Waals surface area contributed by atoms with Crippen LogP contribution in [0.15, 0.2) is 48.5 Å². The molecule has 21 heavy (non-hydrogen) atoms. The summed E-state index contributed by atoms with van der Waals surface area (Å²) in [5.41, 5.74) is 5.01. The molecule has 0 saturated carbocycles. The summed E-state index contributed by atoms with van der Waals surface area (Å²) in [6.45, 7) is 2.09. The van der Waals surface area contributed by atoms with Crippen molar-refractivity contribution in [1.82, 2.24) is 4.57 Å². The molecule has 0 amide bonds. The van der Waals surface area contributed by atoms with E-state index in [1.54, 1.807) is 0 Å². The Bertz CT molecular complexity index is 837. The maximum absolute atomic E-state index is 12.1. The Balaban J connectivity index is 1.99. The number of aryl methyl sites for hydroxylation is 2. The van der Waals surface area contributed by atoms with E-state index in [1.807, 2.05) is 43.4 Å². The summed E-state index contributed by atoms with van der Waals surface area (Å²) in [6.07, 6.45) is -0.314. The Labute approximate surface area is 122 Å². The maximum Gasteiger partial charge on any atom is 0.339 e. The number of esters is 1. The molecule has 0 spiro atoms. The van der Waals surface area contributed by atoms with Crippen molar-refractivity contribution in [3.63, 3.8) is 0 Å². The summed E-state index contributed by atoms with van der Waals surface area (Å²) in [5.74, 6) is -0.236. The predicted octanol–water partition coefficient (Wildman–Crippen LogP) is 3.75. The van der Waals surface area contributed by atoms with Crippen molar-refractivity contribution in [1.29, 1.82) is 0 Å². The minimum absolute atomic E-state index is 0.236. The van der Waals surface area contributed by atoms with Crippen molar-refractivity contribution in [3.05, 3.63) is 70.9 Å². The largest absolute Gasteiger partial charge is 0.447 e. The lowest BCUT2D eigenvalue weighted by atomic mass is 10.0. The fraction of sp³-hybridized carbons (Fsp3) is 0.167. The van der Waals surface area contributed by atoms with Gasteiger partial charge in [0.25, 0.3) is 0 Å². The maximum atomic E-state index is 12.1. The second kappa shape index (κ2) is 4.22. The second-order valence-electron chi connectivity index (χ2n) is 5.46. The highest BCUT2D eigenvalue weighted by Crippen LogP contribution is 2.39. The number of hydrogen-bond acceptors (Lipinski definition) is 2. The number of hydrogen-bond donors (Lipinski definition) is 0. The van der Waals surface area contributed by atoms with Gasteiger partial charge in [0.2, 0.25) is 0 Å². The van der Waals surface area contributed by atoms with Crippen LogP contribution in [0.2, 0.25) is 0 Å². The lowest BCUT2D eigenvalue weighted by molar-refractivity contribution is 0.0445. The quantitative estimate of drug-likeness (QED) is 0.634. The van der Waals surface area contributed by atoms with Crippen LogP contribution in [-0.2, 0) is 11.8 Å². The molecule has 1 aliphatic rings. The van der Waals surface area contributed by atoms with E-state index in [0.29, 0.717) is 5.56 Å². The monoisotopic (exact) mass is 277 g/mol. The molecule has 1 atom stereocenters. The van der Waals surface area contributed by atoms with E-state index in [1.165, 1.54) is 10.9 Å². The van der Waals surface area contributed by atoms with E-state index in [4.69, 9.17) is 4.74 Å². The van der Waals surface area contributed by atoms with E-state index in [0.717, 1.165) is 16.8 Å². The molecule has 0 saturated heterocycles. The number of nitrogens with zero attached hydrogens (tertiary/aromatic N) is 1. The zero-order chi connectivity index (χ0) is 14.6. The molecule has 1 aliphatic heterocycles. The molecule has 0 N–H and O–H groups in total. The molecular formula is C18H15NO2. The van der Waals surface area contributed by atoms with Gasteiger partial charge in [0.1, 0.15) is 0 Å². The molecule has 0 bridgehead atoms. The molecular weight excluding hydrogens is 262 g/mol. The molecule has 0 unspecified atom stereocenters. The van der Waals surface area contributed by atoms with Crippen molar-refractivity contribution >= 4 is 16.9 Å². The fourth-order valence-electron chi connectivity index (χ4n) is 3.32. The van der Waals surface area contributed by atoms with E-state index in [-0.39, 0.29) is 12.1 Å². The highest BCUT2D eigenvalue weighted by molar-refractivity contribution is 5.95. The van der Waals surface area contributed by atoms with Gasteiger partial charge in [-0.05, 0) is 24.6 Å². The molecule has 2 heterocycles. The van der Waals surface area contributed by atoms with Crippen LogP contribution in [0.5, 0.6) is 0 Å². The van der Waals surface area contributed by atoms with Gasteiger partial charge in [0, 0.05) is 23.5 Å². The summed E-state index contributed by atoms with van der Waals surface area (Å²) < 4.78 is 7.78. The van der Waals surface area contributed by atoms with Gasteiger partial charge in [0.15, 0.2) is 6.10 Å². The molecule has 3 heteroatoms. The fourth-order valence-corrected chi connectivity index (χ4v) is 3.32. The number of carbonyl (C=O) groups excluding carboxylic acids is 1. The molecule has 1 aromatic heterocycles. The summed E-state index contributed by atoms with van der Waals surface area (Å²) >= 11 is 0. The molecule has 0 aliphatic carbocycles. The highest BCUT2D eigenvalue weighted by Gasteiger charge is 2.34. The topological polar surface area (TPSA) is 31.2 Å². The number of benzene rings is 2. The van der Waals surface area contributed by atoms with Gasteiger partial charge in [0.05, 0.1) is 11.3 Å². The standard InChI is InChI=1S/C18H15NO2/c1-11-12-7-5-6-10-15(12)19(2)16(11)17-13-8-3-4-9-14(13)18(20)21-17/h3-10,17H,1-2H3/t17-/m1/s1. The summed E-state index contributed by atoms with van der Waals surface area (Å²) in [5, 5.41) is 1.20. The highest BCUT2D eigenvalue weighted by atomic mass is 16.5. The third-order valence-electron chi connectivity index (χ3n) is 4.35. The summed E-state index contributed by atoms with van der Waals surface area (Å²) in [4.78, 5) is 12.1. The first kappa shape index (κ1) is 12.2. The van der Waals surface area contributed by atoms with E-state index >= 15 is 0 Å². The first-order chi connectivity index (χ1) is 10.2. The average Bonchev–Trinajstić information content (AvgIpc) is 2.96. The number of para-hydroxylation sites is 1. The van der Waals surface area contributed by atoms with Gasteiger partial charge in [-0.25, -0.2) is 4.79 Å². The molecule has 2 aromatic carbocycles. The number of fused-ring (bicyclic) bond motifs is 2. The number of carbonyl (C=O) groups is 1. The van der Waals surface area contributed by atoms with Crippen molar-refractivity contribution in [2.45, 2.75) is 13.0 Å². The Hall–Kier alpha value is -2.55. The van der Waals surface area contributed by atoms with Crippen molar-refractivity contribution in [2.24, 2.45) is 7.05 Å². The molecule has 0 fully saturated rings. The first-order valence-corrected chi connectivity index (χ1v) is 7.02. The normalized spacial score (nSPS) is 17.0. The van der Waals surface area contributed by atoms with Gasteiger partial charge in [-0.15, -0.1) is 0 Å². The van der Waals surface area contributed by atoms with E-state index in [2.05, 4.69) is 23.6 Å². The third kappa shape index (κ3) is 1.57. The number of ether oxygens (including phenoxy) is 1. The van der Waals surface area contributed by atoms with Crippen LogP contribution < -0.4 is 0 Å². The number of cyclic esters (lactones) is 1. The van der Waals surface area contributed by atoms with Crippen LogP contribution in [0.4, 0.5) is 0 Å². The minimum atomic E-state index is -0.314. The zero-order valence-corrected chi connectivity index (χ0v) is 12.0.